The van der Waals surface area contributed by atoms with Gasteiger partial charge in [-0.1, -0.05) is 18.2 Å². The first kappa shape index (κ1) is 15.7. The lowest BCUT2D eigenvalue weighted by molar-refractivity contribution is 0.521. The molecule has 1 saturated heterocycles. The Balaban J connectivity index is 1.73. The van der Waals surface area contributed by atoms with Gasteiger partial charge in [0, 0.05) is 23.7 Å². The van der Waals surface area contributed by atoms with Crippen LogP contribution in [0.25, 0.3) is 0 Å². The van der Waals surface area contributed by atoms with Gasteiger partial charge in [0.1, 0.15) is 0 Å². The molecule has 2 heterocycles. The van der Waals surface area contributed by atoms with E-state index >= 15 is 0 Å². The molecule has 0 saturated carbocycles. The zero-order valence-electron chi connectivity index (χ0n) is 13.7. The van der Waals surface area contributed by atoms with E-state index in [4.69, 9.17) is 0 Å². The molecule has 2 N–H and O–H groups in total. The molecule has 0 radical (unpaired) electrons. The van der Waals surface area contributed by atoms with Crippen molar-refractivity contribution in [2.24, 2.45) is 0 Å². The molecule has 4 rings (SSSR count). The van der Waals surface area contributed by atoms with Gasteiger partial charge in [-0.3, -0.25) is 0 Å². The molecule has 0 amide bonds. The monoisotopic (exact) mass is 342 g/mol. The predicted molar refractivity (Wildman–Crippen MR) is 95.2 cm³/mol. The van der Waals surface area contributed by atoms with Crippen molar-refractivity contribution in [3.05, 3.63) is 54.1 Å². The summed E-state index contributed by atoms with van der Waals surface area (Å²) in [6.45, 7) is 3.18. The van der Waals surface area contributed by atoms with E-state index in [1.165, 1.54) is 0 Å². The minimum atomic E-state index is -3.46. The molecule has 2 aliphatic heterocycles. The number of fused-ring (bicyclic) bond motifs is 3. The summed E-state index contributed by atoms with van der Waals surface area (Å²) >= 11 is 0. The van der Waals surface area contributed by atoms with Crippen molar-refractivity contribution in [3.8, 4) is 0 Å². The van der Waals surface area contributed by atoms with Crippen LogP contribution in [0.1, 0.15) is 31.2 Å². The highest BCUT2D eigenvalue weighted by atomic mass is 32.2. The summed E-state index contributed by atoms with van der Waals surface area (Å²) in [5, 5.41) is 7.11. The second-order valence-corrected chi connectivity index (χ2v) is 8.75. The van der Waals surface area contributed by atoms with E-state index in [9.17, 15) is 8.42 Å². The number of sulfone groups is 1. The molecular weight excluding hydrogens is 320 g/mol. The van der Waals surface area contributed by atoms with E-state index < -0.39 is 9.84 Å². The maximum atomic E-state index is 12.9. The number of hydrogen-bond acceptors (Lipinski definition) is 4. The molecule has 2 aromatic rings. The summed E-state index contributed by atoms with van der Waals surface area (Å²) in [7, 11) is -3.46. The number of rotatable bonds is 2. The van der Waals surface area contributed by atoms with Gasteiger partial charge in [-0.25, -0.2) is 8.42 Å². The van der Waals surface area contributed by atoms with Crippen molar-refractivity contribution < 1.29 is 8.42 Å². The highest BCUT2D eigenvalue weighted by Gasteiger charge is 2.35. The Morgan fingerprint density at radius 1 is 1.04 bits per heavy atom. The van der Waals surface area contributed by atoms with Gasteiger partial charge in [0.25, 0.3) is 0 Å². The Morgan fingerprint density at radius 2 is 1.83 bits per heavy atom. The van der Waals surface area contributed by atoms with Gasteiger partial charge in [-0.05, 0) is 62.2 Å². The van der Waals surface area contributed by atoms with E-state index in [1.807, 2.05) is 18.2 Å². The summed E-state index contributed by atoms with van der Waals surface area (Å²) in [5.41, 5.74) is 2.24. The van der Waals surface area contributed by atoms with Gasteiger partial charge in [0.05, 0.1) is 9.79 Å². The third kappa shape index (κ3) is 2.62. The maximum absolute atomic E-state index is 12.9. The molecule has 0 spiro atoms. The van der Waals surface area contributed by atoms with Gasteiger partial charge in [0.15, 0.2) is 0 Å². The molecule has 3 atom stereocenters. The maximum Gasteiger partial charge on any atom is 0.206 e. The SMILES string of the molecule is CC1C[C@@H]2Nc3ccc(S(=O)(=O)c4ccccc4)cc3[C@@H]2CCN1. The van der Waals surface area contributed by atoms with Crippen LogP contribution in [0.15, 0.2) is 58.3 Å². The molecule has 0 aliphatic carbocycles. The van der Waals surface area contributed by atoms with Crippen molar-refractivity contribution in [1.82, 2.24) is 5.32 Å². The van der Waals surface area contributed by atoms with Crippen LogP contribution < -0.4 is 10.6 Å². The average molecular weight is 342 g/mol. The highest BCUT2D eigenvalue weighted by molar-refractivity contribution is 7.91. The topological polar surface area (TPSA) is 58.2 Å². The zero-order chi connectivity index (χ0) is 16.7. The fraction of sp³-hybridized carbons (Fsp3) is 0.368. The lowest BCUT2D eigenvalue weighted by Gasteiger charge is -2.18. The Labute approximate surface area is 143 Å². The molecule has 2 aromatic carbocycles. The van der Waals surface area contributed by atoms with Crippen LogP contribution >= 0.6 is 0 Å². The van der Waals surface area contributed by atoms with Crippen LogP contribution in [0, 0.1) is 0 Å². The molecule has 5 heteroatoms. The van der Waals surface area contributed by atoms with E-state index in [0.717, 1.165) is 30.6 Å². The lowest BCUT2D eigenvalue weighted by Crippen LogP contribution is -2.28. The average Bonchev–Trinajstić information content (AvgIpc) is 2.81. The number of anilines is 1. The molecule has 0 bridgehead atoms. The Bertz CT molecular complexity index is 849. The standard InChI is InChI=1S/C19H22N2O2S/c1-13-11-19-16(9-10-20-13)17-12-15(7-8-18(17)21-19)24(22,23)14-5-3-2-4-6-14/h2-8,12-13,16,19-21H,9-11H2,1H3/t13?,16-,19-/m0/s1. The van der Waals surface area contributed by atoms with Crippen LogP contribution in [0.3, 0.4) is 0 Å². The molecule has 126 valence electrons. The first-order chi connectivity index (χ1) is 11.6. The number of nitrogens with one attached hydrogen (secondary N) is 2. The van der Waals surface area contributed by atoms with Gasteiger partial charge in [0.2, 0.25) is 9.84 Å². The molecule has 2 aliphatic rings. The fourth-order valence-electron chi connectivity index (χ4n) is 3.93. The molecule has 24 heavy (non-hydrogen) atoms. The van der Waals surface area contributed by atoms with E-state index in [1.54, 1.807) is 30.3 Å². The normalized spacial score (nSPS) is 26.1. The van der Waals surface area contributed by atoms with Crippen molar-refractivity contribution in [3.63, 3.8) is 0 Å². The first-order valence-corrected chi connectivity index (χ1v) is 9.98. The minimum Gasteiger partial charge on any atom is -0.381 e. The summed E-state index contributed by atoms with van der Waals surface area (Å²) < 4.78 is 25.8. The molecule has 0 aromatic heterocycles. The van der Waals surface area contributed by atoms with Crippen LogP contribution in [0.2, 0.25) is 0 Å². The first-order valence-electron chi connectivity index (χ1n) is 8.50. The summed E-state index contributed by atoms with van der Waals surface area (Å²) in [4.78, 5) is 0.740. The van der Waals surface area contributed by atoms with Gasteiger partial charge in [-0.15, -0.1) is 0 Å². The molecule has 1 fully saturated rings. The van der Waals surface area contributed by atoms with Crippen molar-refractivity contribution in [1.29, 1.82) is 0 Å². The highest BCUT2D eigenvalue weighted by Crippen LogP contribution is 2.42. The van der Waals surface area contributed by atoms with Crippen LogP contribution in [0.4, 0.5) is 5.69 Å². The fourth-order valence-corrected chi connectivity index (χ4v) is 5.25. The van der Waals surface area contributed by atoms with Crippen LogP contribution in [0.5, 0.6) is 0 Å². The van der Waals surface area contributed by atoms with Gasteiger partial charge < -0.3 is 10.6 Å². The van der Waals surface area contributed by atoms with E-state index in [-0.39, 0.29) is 0 Å². The summed E-state index contributed by atoms with van der Waals surface area (Å²) in [6, 6.07) is 15.1. The van der Waals surface area contributed by atoms with Crippen LogP contribution in [-0.2, 0) is 9.84 Å². The molecule has 4 nitrogen and oxygen atoms in total. The number of hydrogen-bond donors (Lipinski definition) is 2. The third-order valence-electron chi connectivity index (χ3n) is 5.17. The Hall–Kier alpha value is -1.85. The number of benzene rings is 2. The summed E-state index contributed by atoms with van der Waals surface area (Å²) in [5.74, 6) is 0.378. The third-order valence-corrected chi connectivity index (χ3v) is 6.94. The van der Waals surface area contributed by atoms with Crippen molar-refractivity contribution in [2.45, 2.75) is 47.6 Å². The summed E-state index contributed by atoms with van der Waals surface area (Å²) in [6.07, 6.45) is 2.09. The van der Waals surface area contributed by atoms with E-state index in [2.05, 4.69) is 17.6 Å². The predicted octanol–water partition coefficient (Wildman–Crippen LogP) is 3.17. The Kier molecular flexibility index (Phi) is 3.85. The smallest absolute Gasteiger partial charge is 0.206 e. The largest absolute Gasteiger partial charge is 0.381 e. The second-order valence-electron chi connectivity index (χ2n) is 6.80. The second kappa shape index (κ2) is 5.90. The van der Waals surface area contributed by atoms with Crippen molar-refractivity contribution >= 4 is 15.5 Å². The van der Waals surface area contributed by atoms with Gasteiger partial charge in [-0.2, -0.15) is 0 Å². The van der Waals surface area contributed by atoms with Gasteiger partial charge >= 0.3 is 0 Å². The quantitative estimate of drug-likeness (QED) is 0.880. The lowest BCUT2D eigenvalue weighted by atomic mass is 9.90. The molecule has 1 unspecified atom stereocenters. The van der Waals surface area contributed by atoms with Crippen molar-refractivity contribution in [2.75, 3.05) is 11.9 Å². The zero-order valence-corrected chi connectivity index (χ0v) is 14.5. The van der Waals surface area contributed by atoms with Crippen LogP contribution in [-0.4, -0.2) is 27.0 Å². The van der Waals surface area contributed by atoms with E-state index in [0.29, 0.717) is 27.8 Å². The minimum absolute atomic E-state index is 0.351. The molecular formula is C19H22N2O2S. The Morgan fingerprint density at radius 3 is 2.62 bits per heavy atom.